The molecule has 3 atom stereocenters. The van der Waals surface area contributed by atoms with Crippen LogP contribution in [0.2, 0.25) is 0 Å². The molecule has 0 amide bonds. The summed E-state index contributed by atoms with van der Waals surface area (Å²) in [4.78, 5) is 14.7. The van der Waals surface area contributed by atoms with Crippen LogP contribution in [0.15, 0.2) is 47.6 Å². The van der Waals surface area contributed by atoms with Crippen LogP contribution in [-0.2, 0) is 9.53 Å². The van der Waals surface area contributed by atoms with Crippen molar-refractivity contribution in [1.29, 1.82) is 0 Å². The average molecular weight is 349 g/mol. The van der Waals surface area contributed by atoms with Crippen LogP contribution in [0.1, 0.15) is 38.2 Å². The zero-order valence-corrected chi connectivity index (χ0v) is 14.7. The first-order valence-electron chi connectivity index (χ1n) is 9.24. The summed E-state index contributed by atoms with van der Waals surface area (Å²) in [6.45, 7) is 3.27. The second kappa shape index (κ2) is 5.31. The zero-order chi connectivity index (χ0) is 17.9. The number of hydrogen-bond donors (Lipinski definition) is 0. The molecule has 3 nitrogen and oxygen atoms in total. The Morgan fingerprint density at radius 3 is 2.85 bits per heavy atom. The van der Waals surface area contributed by atoms with Crippen LogP contribution >= 0.6 is 0 Å². The number of fused-ring (bicyclic) bond motifs is 3. The topological polar surface area (TPSA) is 29.5 Å². The first-order chi connectivity index (χ1) is 12.5. The number of rotatable bonds is 0. The van der Waals surface area contributed by atoms with Gasteiger partial charge in [-0.05, 0) is 50.6 Å². The molecule has 5 rings (SSSR count). The molecule has 0 N–H and O–H groups in total. The van der Waals surface area contributed by atoms with Crippen molar-refractivity contribution in [2.24, 2.45) is 0 Å². The fraction of sp³-hybridized carbons (Fsp3) is 0.409. The normalized spacial score (nSPS) is 34.8. The van der Waals surface area contributed by atoms with E-state index in [1.807, 2.05) is 0 Å². The number of esters is 1. The van der Waals surface area contributed by atoms with E-state index in [-0.39, 0.29) is 23.4 Å². The van der Waals surface area contributed by atoms with Gasteiger partial charge in [0.1, 0.15) is 5.82 Å². The van der Waals surface area contributed by atoms with Gasteiger partial charge < -0.3 is 4.74 Å². The van der Waals surface area contributed by atoms with Crippen molar-refractivity contribution in [2.45, 2.75) is 49.8 Å². The highest BCUT2D eigenvalue weighted by Crippen LogP contribution is 2.59. The lowest BCUT2D eigenvalue weighted by Crippen LogP contribution is -2.58. The van der Waals surface area contributed by atoms with Crippen molar-refractivity contribution in [3.05, 3.63) is 58.9 Å². The maximum atomic E-state index is 13.1. The van der Waals surface area contributed by atoms with Crippen LogP contribution in [0.25, 0.3) is 0 Å². The molecule has 1 aromatic carbocycles. The molecule has 0 saturated carbocycles. The molecule has 2 bridgehead atoms. The third-order valence-electron chi connectivity index (χ3n) is 6.52. The lowest BCUT2D eigenvalue weighted by molar-refractivity contribution is -0.154. The molecule has 26 heavy (non-hydrogen) atoms. The van der Waals surface area contributed by atoms with Gasteiger partial charge in [0.25, 0.3) is 0 Å². The number of piperidine rings is 1. The molecule has 3 aliphatic heterocycles. The maximum absolute atomic E-state index is 13.1. The van der Waals surface area contributed by atoms with Gasteiger partial charge in [0, 0.05) is 35.2 Å². The van der Waals surface area contributed by atoms with E-state index >= 15 is 0 Å². The molecular formula is C22H20FNO2. The van der Waals surface area contributed by atoms with E-state index in [1.165, 1.54) is 18.6 Å². The standard InChI is InChI=1S/C22H20FNO2/c1-21-10-2-3-11-24(21)18-12-16(7-4-15-5-8-17(23)9-6-15)19-13-20(25)26-22(19,21)14-18/h5-6,8-9,12-13,18H,2-3,10-11,14H2,1H3. The molecule has 0 aromatic heterocycles. The maximum Gasteiger partial charge on any atom is 0.332 e. The number of carbonyl (C=O) groups excluding carboxylic acids is 1. The van der Waals surface area contributed by atoms with E-state index in [0.29, 0.717) is 0 Å². The lowest BCUT2D eigenvalue weighted by atomic mass is 9.69. The van der Waals surface area contributed by atoms with Crippen molar-refractivity contribution in [2.75, 3.05) is 6.54 Å². The number of nitrogens with zero attached hydrogens (tertiary/aromatic N) is 1. The molecule has 4 heteroatoms. The van der Waals surface area contributed by atoms with Gasteiger partial charge in [-0.2, -0.15) is 0 Å². The molecule has 1 aliphatic carbocycles. The minimum Gasteiger partial charge on any atom is -0.449 e. The predicted octanol–water partition coefficient (Wildman–Crippen LogP) is 3.36. The van der Waals surface area contributed by atoms with Gasteiger partial charge in [-0.3, -0.25) is 4.90 Å². The monoisotopic (exact) mass is 349 g/mol. The number of halogens is 1. The Morgan fingerprint density at radius 2 is 2.04 bits per heavy atom. The van der Waals surface area contributed by atoms with Crippen molar-refractivity contribution in [3.63, 3.8) is 0 Å². The summed E-state index contributed by atoms with van der Waals surface area (Å²) in [6, 6.07) is 6.41. The first-order valence-corrected chi connectivity index (χ1v) is 9.24. The van der Waals surface area contributed by atoms with Crippen molar-refractivity contribution < 1.29 is 13.9 Å². The van der Waals surface area contributed by atoms with Crippen LogP contribution in [0.3, 0.4) is 0 Å². The molecule has 0 radical (unpaired) electrons. The van der Waals surface area contributed by atoms with Gasteiger partial charge in [-0.25, -0.2) is 9.18 Å². The van der Waals surface area contributed by atoms with E-state index in [2.05, 4.69) is 29.7 Å². The molecule has 2 saturated heterocycles. The van der Waals surface area contributed by atoms with Gasteiger partial charge >= 0.3 is 5.97 Å². The highest BCUT2D eigenvalue weighted by atomic mass is 19.1. The molecule has 1 spiro atoms. The largest absolute Gasteiger partial charge is 0.449 e. The van der Waals surface area contributed by atoms with Crippen molar-refractivity contribution >= 4 is 5.97 Å². The molecule has 2 fully saturated rings. The van der Waals surface area contributed by atoms with Crippen LogP contribution < -0.4 is 0 Å². The van der Waals surface area contributed by atoms with Gasteiger partial charge in [0.15, 0.2) is 5.60 Å². The van der Waals surface area contributed by atoms with Gasteiger partial charge in [0.05, 0.1) is 5.54 Å². The second-order valence-corrected chi connectivity index (χ2v) is 7.84. The van der Waals surface area contributed by atoms with Crippen LogP contribution in [0.4, 0.5) is 4.39 Å². The van der Waals surface area contributed by atoms with Gasteiger partial charge in [-0.1, -0.05) is 24.3 Å². The Balaban J connectivity index is 1.59. The Bertz CT molecular complexity index is 920. The lowest BCUT2D eigenvalue weighted by Gasteiger charge is -2.47. The summed E-state index contributed by atoms with van der Waals surface area (Å²) in [5.74, 6) is 5.82. The summed E-state index contributed by atoms with van der Waals surface area (Å²) >= 11 is 0. The molecule has 3 heterocycles. The molecule has 3 unspecified atom stereocenters. The predicted molar refractivity (Wildman–Crippen MR) is 95.6 cm³/mol. The van der Waals surface area contributed by atoms with E-state index in [9.17, 15) is 9.18 Å². The molecular weight excluding hydrogens is 329 g/mol. The molecule has 4 aliphatic rings. The minimum atomic E-state index is -0.573. The highest BCUT2D eigenvalue weighted by molar-refractivity contribution is 5.90. The van der Waals surface area contributed by atoms with Gasteiger partial charge in [-0.15, -0.1) is 0 Å². The van der Waals surface area contributed by atoms with E-state index < -0.39 is 5.60 Å². The highest BCUT2D eigenvalue weighted by Gasteiger charge is 2.68. The number of carbonyl (C=O) groups is 1. The Morgan fingerprint density at radius 1 is 1.23 bits per heavy atom. The number of hydrogen-bond acceptors (Lipinski definition) is 3. The van der Waals surface area contributed by atoms with E-state index in [0.717, 1.165) is 42.5 Å². The summed E-state index contributed by atoms with van der Waals surface area (Å²) < 4.78 is 19.1. The summed E-state index contributed by atoms with van der Waals surface area (Å²) in [6.07, 6.45) is 8.01. The molecule has 1 aromatic rings. The summed E-state index contributed by atoms with van der Waals surface area (Å²) in [7, 11) is 0. The smallest absolute Gasteiger partial charge is 0.332 e. The minimum absolute atomic E-state index is 0.163. The quantitative estimate of drug-likeness (QED) is 0.531. The zero-order valence-electron chi connectivity index (χ0n) is 14.7. The fourth-order valence-corrected chi connectivity index (χ4v) is 5.28. The SMILES string of the molecule is CC12CCCCN1C1C=C(C#Cc3ccc(F)cc3)C3=CC(=O)OC32C1. The Hall–Kier alpha value is -2.38. The first kappa shape index (κ1) is 15.8. The Labute approximate surface area is 152 Å². The summed E-state index contributed by atoms with van der Waals surface area (Å²) in [5, 5.41) is 0. The Kier molecular flexibility index (Phi) is 3.24. The molecule has 132 valence electrons. The number of ether oxygens (including phenoxy) is 1. The third-order valence-corrected chi connectivity index (χ3v) is 6.52. The van der Waals surface area contributed by atoms with Gasteiger partial charge in [0.2, 0.25) is 0 Å². The van der Waals surface area contributed by atoms with Crippen molar-refractivity contribution in [1.82, 2.24) is 4.90 Å². The van der Waals surface area contributed by atoms with E-state index in [1.54, 1.807) is 18.2 Å². The number of benzene rings is 1. The van der Waals surface area contributed by atoms with Crippen molar-refractivity contribution in [3.8, 4) is 11.8 Å². The second-order valence-electron chi connectivity index (χ2n) is 7.84. The van der Waals surface area contributed by atoms with E-state index in [4.69, 9.17) is 4.74 Å². The van der Waals surface area contributed by atoms with Crippen LogP contribution in [0, 0.1) is 17.7 Å². The average Bonchev–Trinajstić information content (AvgIpc) is 3.08. The third kappa shape index (κ3) is 2.01. The van der Waals surface area contributed by atoms with Crippen LogP contribution in [0.5, 0.6) is 0 Å². The fourth-order valence-electron chi connectivity index (χ4n) is 5.28. The summed E-state index contributed by atoms with van der Waals surface area (Å²) in [5.41, 5.74) is 1.84. The van der Waals surface area contributed by atoms with Crippen LogP contribution in [-0.4, -0.2) is 34.6 Å².